The van der Waals surface area contributed by atoms with Gasteiger partial charge in [-0.1, -0.05) is 23.2 Å². The fourth-order valence-electron chi connectivity index (χ4n) is 2.11. The van der Waals surface area contributed by atoms with Crippen LogP contribution in [0.2, 0.25) is 10.0 Å². The Morgan fingerprint density at radius 2 is 1.79 bits per heavy atom. The molecule has 0 saturated carbocycles. The molecule has 2 amide bonds. The molecule has 7 heteroatoms. The van der Waals surface area contributed by atoms with Gasteiger partial charge in [0.2, 0.25) is 11.8 Å². The Bertz CT molecular complexity index is 751. The van der Waals surface area contributed by atoms with Gasteiger partial charge in [0.15, 0.2) is 0 Å². The summed E-state index contributed by atoms with van der Waals surface area (Å²) in [5, 5.41) is 3.47. The maximum atomic E-state index is 13.0. The van der Waals surface area contributed by atoms with E-state index >= 15 is 0 Å². The molecule has 0 radical (unpaired) electrons. The lowest BCUT2D eigenvalue weighted by Crippen LogP contribution is -2.31. The summed E-state index contributed by atoms with van der Waals surface area (Å²) in [6, 6.07) is 10.3. The van der Waals surface area contributed by atoms with Gasteiger partial charge in [-0.05, 0) is 42.5 Å². The van der Waals surface area contributed by atoms with Gasteiger partial charge in [-0.3, -0.25) is 9.59 Å². The topological polar surface area (TPSA) is 49.4 Å². The summed E-state index contributed by atoms with van der Waals surface area (Å²) in [4.78, 5) is 25.2. The average Bonchev–Trinajstić information content (AvgIpc) is 2.52. The third-order valence-corrected chi connectivity index (χ3v) is 3.83. The van der Waals surface area contributed by atoms with Crippen LogP contribution < -0.4 is 10.2 Å². The van der Waals surface area contributed by atoms with Gasteiger partial charge in [-0.25, -0.2) is 4.39 Å². The second kappa shape index (κ2) is 8.13. The normalized spacial score (nSPS) is 10.3. The van der Waals surface area contributed by atoms with E-state index < -0.39 is 5.82 Å². The summed E-state index contributed by atoms with van der Waals surface area (Å²) >= 11 is 11.8. The largest absolute Gasteiger partial charge is 0.325 e. The minimum Gasteiger partial charge on any atom is -0.325 e. The molecule has 4 nitrogen and oxygen atoms in total. The Balaban J connectivity index is 2.00. The third kappa shape index (κ3) is 4.94. The van der Waals surface area contributed by atoms with Crippen molar-refractivity contribution in [3.8, 4) is 0 Å². The Labute approximate surface area is 149 Å². The van der Waals surface area contributed by atoms with Gasteiger partial charge in [0, 0.05) is 30.6 Å². The van der Waals surface area contributed by atoms with Crippen molar-refractivity contribution >= 4 is 46.4 Å². The Kier molecular flexibility index (Phi) is 6.17. The lowest BCUT2D eigenvalue weighted by atomic mass is 10.2. The van der Waals surface area contributed by atoms with Crippen molar-refractivity contribution < 1.29 is 14.0 Å². The van der Waals surface area contributed by atoms with Crippen LogP contribution in [0.5, 0.6) is 0 Å². The molecule has 1 N–H and O–H groups in total. The van der Waals surface area contributed by atoms with E-state index in [4.69, 9.17) is 23.2 Å². The van der Waals surface area contributed by atoms with E-state index in [0.29, 0.717) is 21.4 Å². The predicted octanol–water partition coefficient (Wildman–Crippen LogP) is 4.51. The molecule has 0 bridgehead atoms. The summed E-state index contributed by atoms with van der Waals surface area (Å²) in [5.74, 6) is -0.927. The van der Waals surface area contributed by atoms with Crippen LogP contribution in [0, 0.1) is 5.82 Å². The van der Waals surface area contributed by atoms with Crippen LogP contribution in [0.15, 0.2) is 42.5 Å². The third-order valence-electron chi connectivity index (χ3n) is 3.29. The van der Waals surface area contributed by atoms with Crippen LogP contribution in [0.4, 0.5) is 15.8 Å². The number of amides is 2. The fourth-order valence-corrected chi connectivity index (χ4v) is 2.56. The van der Waals surface area contributed by atoms with Crippen LogP contribution in [0.1, 0.15) is 13.3 Å². The van der Waals surface area contributed by atoms with Gasteiger partial charge in [0.05, 0.1) is 10.7 Å². The molecular formula is C17H15Cl2FN2O2. The number of rotatable bonds is 5. The predicted molar refractivity (Wildman–Crippen MR) is 94.1 cm³/mol. The summed E-state index contributed by atoms with van der Waals surface area (Å²) in [6.45, 7) is 1.55. The maximum absolute atomic E-state index is 13.0. The SMILES string of the molecule is CC(=O)N(CCC(=O)Nc1ccc(Cl)cc1Cl)c1ccc(F)cc1. The quantitative estimate of drug-likeness (QED) is 0.843. The average molecular weight is 369 g/mol. The van der Waals surface area contributed by atoms with E-state index in [-0.39, 0.29) is 24.8 Å². The molecule has 0 aliphatic heterocycles. The number of benzene rings is 2. The molecule has 126 valence electrons. The zero-order valence-electron chi connectivity index (χ0n) is 12.9. The van der Waals surface area contributed by atoms with Gasteiger partial charge in [0.25, 0.3) is 0 Å². The van der Waals surface area contributed by atoms with Crippen LogP contribution in [0.25, 0.3) is 0 Å². The summed E-state index contributed by atoms with van der Waals surface area (Å²) in [5.41, 5.74) is 0.975. The van der Waals surface area contributed by atoms with Crippen molar-refractivity contribution in [3.63, 3.8) is 0 Å². The number of nitrogens with zero attached hydrogens (tertiary/aromatic N) is 1. The first-order valence-corrected chi connectivity index (χ1v) is 7.91. The lowest BCUT2D eigenvalue weighted by molar-refractivity contribution is -0.117. The number of anilines is 2. The number of halogens is 3. The van der Waals surface area contributed by atoms with Crippen molar-refractivity contribution in [2.45, 2.75) is 13.3 Å². The number of carbonyl (C=O) groups excluding carboxylic acids is 2. The van der Waals surface area contributed by atoms with Gasteiger partial charge < -0.3 is 10.2 Å². The summed E-state index contributed by atoms with van der Waals surface area (Å²) in [6.07, 6.45) is 0.0654. The van der Waals surface area contributed by atoms with Gasteiger partial charge >= 0.3 is 0 Å². The second-order valence-corrected chi connectivity index (χ2v) is 5.91. The van der Waals surface area contributed by atoms with E-state index in [2.05, 4.69) is 5.32 Å². The first-order valence-electron chi connectivity index (χ1n) is 7.15. The molecule has 2 rings (SSSR count). The standard InChI is InChI=1S/C17H15Cl2FN2O2/c1-11(23)22(14-5-3-13(20)4-6-14)9-8-17(24)21-16-7-2-12(18)10-15(16)19/h2-7,10H,8-9H2,1H3,(H,21,24). The molecular weight excluding hydrogens is 354 g/mol. The van der Waals surface area contributed by atoms with Gasteiger partial charge in [0.1, 0.15) is 5.82 Å². The number of hydrogen-bond donors (Lipinski definition) is 1. The van der Waals surface area contributed by atoms with Crippen LogP contribution >= 0.6 is 23.2 Å². The Morgan fingerprint density at radius 1 is 1.12 bits per heavy atom. The van der Waals surface area contributed by atoms with Gasteiger partial charge in [-0.15, -0.1) is 0 Å². The van der Waals surface area contributed by atoms with Crippen LogP contribution in [0.3, 0.4) is 0 Å². The highest BCUT2D eigenvalue weighted by atomic mass is 35.5. The molecule has 0 fully saturated rings. The molecule has 0 aliphatic rings. The van der Waals surface area contributed by atoms with Crippen LogP contribution in [-0.2, 0) is 9.59 Å². The molecule has 24 heavy (non-hydrogen) atoms. The highest BCUT2D eigenvalue weighted by Gasteiger charge is 2.14. The van der Waals surface area contributed by atoms with E-state index in [0.717, 1.165) is 0 Å². The highest BCUT2D eigenvalue weighted by molar-refractivity contribution is 6.36. The van der Waals surface area contributed by atoms with Crippen molar-refractivity contribution in [2.24, 2.45) is 0 Å². The first-order chi connectivity index (χ1) is 11.4. The van der Waals surface area contributed by atoms with Gasteiger partial charge in [-0.2, -0.15) is 0 Å². The minimum atomic E-state index is -0.391. The van der Waals surface area contributed by atoms with Crippen molar-refractivity contribution in [1.82, 2.24) is 0 Å². The maximum Gasteiger partial charge on any atom is 0.226 e. The molecule has 0 unspecified atom stereocenters. The monoisotopic (exact) mass is 368 g/mol. The second-order valence-electron chi connectivity index (χ2n) is 5.07. The first kappa shape index (κ1) is 18.2. The summed E-state index contributed by atoms with van der Waals surface area (Å²) in [7, 11) is 0. The van der Waals surface area contributed by atoms with E-state index in [1.165, 1.54) is 42.2 Å². The molecule has 0 aromatic heterocycles. The molecule has 2 aromatic carbocycles. The van der Waals surface area contributed by atoms with Crippen molar-refractivity contribution in [1.29, 1.82) is 0 Å². The van der Waals surface area contributed by atoms with Crippen molar-refractivity contribution in [3.05, 3.63) is 58.3 Å². The Morgan fingerprint density at radius 3 is 2.38 bits per heavy atom. The molecule has 2 aromatic rings. The van der Waals surface area contributed by atoms with Crippen LogP contribution in [-0.4, -0.2) is 18.4 Å². The van der Waals surface area contributed by atoms with Crippen molar-refractivity contribution in [2.75, 3.05) is 16.8 Å². The molecule has 0 aliphatic carbocycles. The lowest BCUT2D eigenvalue weighted by Gasteiger charge is -2.21. The molecule has 0 heterocycles. The zero-order valence-corrected chi connectivity index (χ0v) is 14.4. The van der Waals surface area contributed by atoms with E-state index in [9.17, 15) is 14.0 Å². The highest BCUT2D eigenvalue weighted by Crippen LogP contribution is 2.25. The van der Waals surface area contributed by atoms with E-state index in [1.54, 1.807) is 12.1 Å². The summed E-state index contributed by atoms with van der Waals surface area (Å²) < 4.78 is 13.0. The molecule has 0 atom stereocenters. The molecule has 0 spiro atoms. The Hall–Kier alpha value is -2.11. The number of carbonyl (C=O) groups is 2. The fraction of sp³-hybridized carbons (Fsp3) is 0.176. The molecule has 0 saturated heterocycles. The smallest absolute Gasteiger partial charge is 0.226 e. The zero-order chi connectivity index (χ0) is 17.7. The van der Waals surface area contributed by atoms with E-state index in [1.807, 2.05) is 0 Å². The number of nitrogens with one attached hydrogen (secondary N) is 1. The minimum absolute atomic E-state index is 0.0654. The number of hydrogen-bond acceptors (Lipinski definition) is 2.